The lowest BCUT2D eigenvalue weighted by Crippen LogP contribution is -2.38. The van der Waals surface area contributed by atoms with Crippen molar-refractivity contribution in [2.24, 2.45) is 0 Å². The van der Waals surface area contributed by atoms with Crippen LogP contribution in [0.25, 0.3) is 11.3 Å². The van der Waals surface area contributed by atoms with Gasteiger partial charge in [-0.3, -0.25) is 4.79 Å². The number of aromatic nitrogens is 2. The normalized spacial score (nSPS) is 20.2. The number of nitrogens with zero attached hydrogens (tertiary/aromatic N) is 4. The summed E-state index contributed by atoms with van der Waals surface area (Å²) in [6.45, 7) is 5.62. The van der Waals surface area contributed by atoms with Crippen molar-refractivity contribution in [3.8, 4) is 17.8 Å². The fraction of sp³-hybridized carbons (Fsp3) is 0.429. The van der Waals surface area contributed by atoms with Gasteiger partial charge in [0.2, 0.25) is 11.9 Å². The SMILES string of the molecule is C#N.O=C1Nc2ccc(-c3nc(N4CCC4)nc4c3CCC4)cc2C12CC2. The predicted molar refractivity (Wildman–Crippen MR) is 103 cm³/mol. The molecule has 1 aromatic heterocycles. The Hall–Kier alpha value is -2.94. The monoisotopic (exact) mass is 359 g/mol. The van der Waals surface area contributed by atoms with Gasteiger partial charge in [-0.15, -0.1) is 0 Å². The first-order valence-electron chi connectivity index (χ1n) is 9.62. The van der Waals surface area contributed by atoms with Gasteiger partial charge in [-0.2, -0.15) is 0 Å². The lowest BCUT2D eigenvalue weighted by Gasteiger charge is -2.31. The lowest BCUT2D eigenvalue weighted by atomic mass is 9.94. The fourth-order valence-corrected chi connectivity index (χ4v) is 4.50. The number of rotatable bonds is 2. The molecule has 3 heterocycles. The largest absolute Gasteiger partial charge is 0.341 e. The van der Waals surface area contributed by atoms with Crippen LogP contribution in [0.2, 0.25) is 0 Å². The smallest absolute Gasteiger partial charge is 0.235 e. The summed E-state index contributed by atoms with van der Waals surface area (Å²) in [7, 11) is 0. The van der Waals surface area contributed by atoms with Crippen LogP contribution in [0.4, 0.5) is 11.6 Å². The number of amides is 1. The first kappa shape index (κ1) is 16.2. The van der Waals surface area contributed by atoms with Crippen LogP contribution in [0, 0.1) is 11.8 Å². The minimum atomic E-state index is -0.248. The van der Waals surface area contributed by atoms with Gasteiger partial charge < -0.3 is 10.2 Å². The number of carbonyl (C=O) groups is 1. The van der Waals surface area contributed by atoms with E-state index in [-0.39, 0.29) is 11.3 Å². The second kappa shape index (κ2) is 5.78. The molecule has 136 valence electrons. The highest BCUT2D eigenvalue weighted by atomic mass is 16.2. The van der Waals surface area contributed by atoms with E-state index >= 15 is 0 Å². The number of hydrogen-bond donors (Lipinski definition) is 1. The van der Waals surface area contributed by atoms with Crippen molar-refractivity contribution in [3.63, 3.8) is 0 Å². The van der Waals surface area contributed by atoms with Crippen molar-refractivity contribution >= 4 is 17.5 Å². The Balaban J connectivity index is 0.000000777. The molecule has 0 atom stereocenters. The van der Waals surface area contributed by atoms with E-state index in [2.05, 4.69) is 35.0 Å². The zero-order chi connectivity index (χ0) is 18.6. The number of nitriles is 1. The fourth-order valence-electron chi connectivity index (χ4n) is 4.50. The van der Waals surface area contributed by atoms with Gasteiger partial charge in [0.1, 0.15) is 0 Å². The molecular formula is C21H21N5O. The molecular weight excluding hydrogens is 338 g/mol. The first-order chi connectivity index (χ1) is 13.2. The maximum absolute atomic E-state index is 12.3. The van der Waals surface area contributed by atoms with Gasteiger partial charge in [0.05, 0.1) is 11.1 Å². The third-order valence-electron chi connectivity index (χ3n) is 6.30. The molecule has 0 radical (unpaired) electrons. The zero-order valence-electron chi connectivity index (χ0n) is 15.2. The number of benzene rings is 1. The summed E-state index contributed by atoms with van der Waals surface area (Å²) < 4.78 is 0. The summed E-state index contributed by atoms with van der Waals surface area (Å²) in [5.41, 5.74) is 6.67. The van der Waals surface area contributed by atoms with Crippen molar-refractivity contribution in [3.05, 3.63) is 35.0 Å². The summed E-state index contributed by atoms with van der Waals surface area (Å²) in [6.07, 6.45) is 6.44. The van der Waals surface area contributed by atoms with Crippen LogP contribution < -0.4 is 10.2 Å². The number of aryl methyl sites for hydroxylation is 1. The standard InChI is InChI=1S/C20H20N4O.CHN/c25-18-20(7-8-20)14-11-12(5-6-16(14)21-18)17-13-3-1-4-15(13)22-19(23-17)24-9-2-10-24;1-2/h5-6,11H,1-4,7-10H2,(H,21,25);1H. The Bertz CT molecular complexity index is 972. The van der Waals surface area contributed by atoms with Crippen molar-refractivity contribution in [2.75, 3.05) is 23.3 Å². The summed E-state index contributed by atoms with van der Waals surface area (Å²) >= 11 is 0. The summed E-state index contributed by atoms with van der Waals surface area (Å²) in [4.78, 5) is 24.4. The molecule has 6 heteroatoms. The number of fused-ring (bicyclic) bond motifs is 3. The van der Waals surface area contributed by atoms with E-state index in [0.717, 1.165) is 68.1 Å². The average molecular weight is 359 g/mol. The van der Waals surface area contributed by atoms with Gasteiger partial charge >= 0.3 is 0 Å². The van der Waals surface area contributed by atoms with E-state index in [1.54, 1.807) is 0 Å². The molecule has 1 saturated heterocycles. The molecule has 2 aromatic rings. The first-order valence-corrected chi connectivity index (χ1v) is 9.62. The third-order valence-corrected chi connectivity index (χ3v) is 6.30. The second-order valence-electron chi connectivity index (χ2n) is 7.79. The molecule has 27 heavy (non-hydrogen) atoms. The van der Waals surface area contributed by atoms with Crippen LogP contribution in [-0.2, 0) is 23.1 Å². The Morgan fingerprint density at radius 3 is 2.63 bits per heavy atom. The Morgan fingerprint density at radius 1 is 1.11 bits per heavy atom. The molecule has 1 aromatic carbocycles. The number of carbonyl (C=O) groups excluding carboxylic acids is 1. The Morgan fingerprint density at radius 2 is 1.93 bits per heavy atom. The lowest BCUT2D eigenvalue weighted by molar-refractivity contribution is -0.117. The third kappa shape index (κ3) is 2.27. The molecule has 1 N–H and O–H groups in total. The van der Waals surface area contributed by atoms with Gasteiger partial charge in [-0.1, -0.05) is 6.07 Å². The molecule has 1 saturated carbocycles. The minimum Gasteiger partial charge on any atom is -0.341 e. The van der Waals surface area contributed by atoms with Crippen LogP contribution in [0.5, 0.6) is 0 Å². The summed E-state index contributed by atoms with van der Waals surface area (Å²) in [5, 5.41) is 9.55. The topological polar surface area (TPSA) is 81.9 Å². The number of nitrogens with one attached hydrogen (secondary N) is 1. The van der Waals surface area contributed by atoms with Crippen LogP contribution in [0.3, 0.4) is 0 Å². The Kier molecular flexibility index (Phi) is 3.48. The van der Waals surface area contributed by atoms with Gasteiger partial charge in [-0.25, -0.2) is 15.2 Å². The van der Waals surface area contributed by atoms with Gasteiger partial charge in [-0.05, 0) is 56.2 Å². The maximum Gasteiger partial charge on any atom is 0.235 e. The summed E-state index contributed by atoms with van der Waals surface area (Å²) in [6, 6.07) is 6.38. The van der Waals surface area contributed by atoms with Crippen molar-refractivity contribution in [1.29, 1.82) is 5.26 Å². The molecule has 2 fully saturated rings. The molecule has 2 aliphatic carbocycles. The molecule has 6 rings (SSSR count). The van der Waals surface area contributed by atoms with Crippen LogP contribution >= 0.6 is 0 Å². The average Bonchev–Trinajstić information content (AvgIpc) is 3.24. The van der Waals surface area contributed by atoms with Gasteiger partial charge in [0.15, 0.2) is 0 Å². The van der Waals surface area contributed by atoms with E-state index in [1.807, 2.05) is 0 Å². The highest BCUT2D eigenvalue weighted by Gasteiger charge is 2.56. The van der Waals surface area contributed by atoms with Crippen LogP contribution in [0.1, 0.15) is 42.5 Å². The van der Waals surface area contributed by atoms with Crippen LogP contribution in [-0.4, -0.2) is 29.0 Å². The molecule has 0 unspecified atom stereocenters. The number of anilines is 2. The summed E-state index contributed by atoms with van der Waals surface area (Å²) in [5.74, 6) is 1.06. The van der Waals surface area contributed by atoms with Gasteiger partial charge in [0, 0.05) is 42.2 Å². The molecule has 6 nitrogen and oxygen atoms in total. The van der Waals surface area contributed by atoms with E-state index in [1.165, 1.54) is 23.2 Å². The van der Waals surface area contributed by atoms with E-state index in [9.17, 15) is 4.79 Å². The van der Waals surface area contributed by atoms with Crippen molar-refractivity contribution in [1.82, 2.24) is 9.97 Å². The highest BCUT2D eigenvalue weighted by Crippen LogP contribution is 2.55. The Labute approximate surface area is 158 Å². The second-order valence-corrected chi connectivity index (χ2v) is 7.79. The van der Waals surface area contributed by atoms with Crippen molar-refractivity contribution < 1.29 is 4.79 Å². The van der Waals surface area contributed by atoms with E-state index in [0.29, 0.717) is 0 Å². The zero-order valence-corrected chi connectivity index (χ0v) is 15.2. The molecule has 0 bridgehead atoms. The predicted octanol–water partition coefficient (Wildman–Crippen LogP) is 2.97. The van der Waals surface area contributed by atoms with Gasteiger partial charge in [0.25, 0.3) is 0 Å². The highest BCUT2D eigenvalue weighted by molar-refractivity contribution is 6.08. The minimum absolute atomic E-state index is 0.175. The van der Waals surface area contributed by atoms with E-state index in [4.69, 9.17) is 15.2 Å². The van der Waals surface area contributed by atoms with Crippen LogP contribution in [0.15, 0.2) is 18.2 Å². The molecule has 4 aliphatic rings. The maximum atomic E-state index is 12.3. The van der Waals surface area contributed by atoms with E-state index < -0.39 is 0 Å². The molecule has 1 spiro atoms. The quantitative estimate of drug-likeness (QED) is 0.891. The number of hydrogen-bond acceptors (Lipinski definition) is 5. The molecule has 1 amide bonds. The molecule has 2 aliphatic heterocycles. The van der Waals surface area contributed by atoms with Crippen molar-refractivity contribution in [2.45, 2.75) is 43.9 Å².